The topological polar surface area (TPSA) is 41.8 Å². The van der Waals surface area contributed by atoms with Crippen molar-refractivity contribution < 1.29 is 10.1 Å². The van der Waals surface area contributed by atoms with Crippen molar-refractivity contribution in [3.8, 4) is 11.1 Å². The largest absolute Gasteiger partial charge is 0.265 e. The predicted octanol–water partition coefficient (Wildman–Crippen LogP) is 9.12. The van der Waals surface area contributed by atoms with Crippen LogP contribution in [0.3, 0.4) is 0 Å². The van der Waals surface area contributed by atoms with Gasteiger partial charge >= 0.3 is 0 Å². The minimum Gasteiger partial charge on any atom is -0.265 e. The first-order chi connectivity index (χ1) is 16.7. The Morgan fingerprint density at radius 3 is 1.91 bits per heavy atom. The van der Waals surface area contributed by atoms with Crippen LogP contribution >= 0.6 is 0 Å². The third kappa shape index (κ3) is 6.02. The van der Waals surface area contributed by atoms with Gasteiger partial charge in [0.05, 0.1) is 5.69 Å². The summed E-state index contributed by atoms with van der Waals surface area (Å²) in [6, 6.07) is 24.8. The Hall–Kier alpha value is -2.75. The van der Waals surface area contributed by atoms with Crippen LogP contribution in [0.1, 0.15) is 87.0 Å². The zero-order valence-electron chi connectivity index (χ0n) is 20.3. The zero-order valence-corrected chi connectivity index (χ0v) is 20.3. The number of unbranched alkanes of at least 4 members (excludes halogenated alkanes) is 2. The lowest BCUT2D eigenvalue weighted by Crippen LogP contribution is -2.13. The predicted molar refractivity (Wildman–Crippen MR) is 142 cm³/mol. The standard InChI is InChI=1S/C31H37NO2/c1-3-4-5-6-23-7-9-24(10-8-23)25-11-15-28(16-12-25)31(34-33)29-17-13-26(14-18-29)27-19-21-30(32-2)22-20-27/h11-24,31,33H,2-10H2,1H3. The molecule has 0 radical (unpaired) electrons. The Morgan fingerprint density at radius 2 is 1.38 bits per heavy atom. The van der Waals surface area contributed by atoms with E-state index in [-0.39, 0.29) is 0 Å². The number of hydrogen-bond acceptors (Lipinski definition) is 3. The van der Waals surface area contributed by atoms with Gasteiger partial charge < -0.3 is 0 Å². The lowest BCUT2D eigenvalue weighted by atomic mass is 9.77. The molecule has 34 heavy (non-hydrogen) atoms. The molecule has 0 amide bonds. The smallest absolute Gasteiger partial charge is 0.143 e. The average Bonchev–Trinajstić information content (AvgIpc) is 2.91. The van der Waals surface area contributed by atoms with Crippen LogP contribution in [0.15, 0.2) is 77.8 Å². The zero-order chi connectivity index (χ0) is 23.8. The number of hydrogen-bond donors (Lipinski definition) is 1. The summed E-state index contributed by atoms with van der Waals surface area (Å²) in [5.41, 5.74) is 6.39. The van der Waals surface area contributed by atoms with E-state index in [0.717, 1.165) is 33.9 Å². The minimum absolute atomic E-state index is 0.496. The molecule has 178 valence electrons. The van der Waals surface area contributed by atoms with E-state index in [9.17, 15) is 5.26 Å². The monoisotopic (exact) mass is 455 g/mol. The Morgan fingerprint density at radius 1 is 0.824 bits per heavy atom. The van der Waals surface area contributed by atoms with E-state index < -0.39 is 6.10 Å². The summed E-state index contributed by atoms with van der Waals surface area (Å²) in [6.45, 7) is 5.84. The molecular formula is C31H37NO2. The number of aliphatic imine (C=N–C) groups is 1. The average molecular weight is 456 g/mol. The summed E-state index contributed by atoms with van der Waals surface area (Å²) >= 11 is 0. The summed E-state index contributed by atoms with van der Waals surface area (Å²) < 4.78 is 0. The van der Waals surface area contributed by atoms with E-state index in [1.807, 2.05) is 36.4 Å². The van der Waals surface area contributed by atoms with Gasteiger partial charge in [-0.15, -0.1) is 0 Å². The van der Waals surface area contributed by atoms with E-state index in [4.69, 9.17) is 4.89 Å². The Kier molecular flexibility index (Phi) is 8.67. The van der Waals surface area contributed by atoms with Crippen molar-refractivity contribution in [2.24, 2.45) is 10.9 Å². The quantitative estimate of drug-likeness (QED) is 0.143. The van der Waals surface area contributed by atoms with Crippen LogP contribution in [0.2, 0.25) is 0 Å². The molecular weight excluding hydrogens is 418 g/mol. The van der Waals surface area contributed by atoms with Crippen molar-refractivity contribution in [1.29, 1.82) is 0 Å². The van der Waals surface area contributed by atoms with E-state index in [1.54, 1.807) is 0 Å². The van der Waals surface area contributed by atoms with Crippen molar-refractivity contribution >= 4 is 12.4 Å². The van der Waals surface area contributed by atoms with Gasteiger partial charge in [-0.3, -0.25) is 10.2 Å². The maximum Gasteiger partial charge on any atom is 0.143 e. The number of benzene rings is 3. The van der Waals surface area contributed by atoms with Crippen LogP contribution in [0.5, 0.6) is 0 Å². The lowest BCUT2D eigenvalue weighted by molar-refractivity contribution is -0.270. The van der Waals surface area contributed by atoms with Crippen LogP contribution in [-0.4, -0.2) is 12.0 Å². The summed E-state index contributed by atoms with van der Waals surface area (Å²) in [4.78, 5) is 8.87. The lowest BCUT2D eigenvalue weighted by Gasteiger charge is -2.29. The molecule has 3 aromatic carbocycles. The Labute approximate surface area is 204 Å². The molecule has 1 aliphatic rings. The van der Waals surface area contributed by atoms with Gasteiger partial charge in [-0.05, 0) is 84.2 Å². The summed E-state index contributed by atoms with van der Waals surface area (Å²) in [5.74, 6) is 1.58. The normalized spacial score (nSPS) is 19.0. The highest BCUT2D eigenvalue weighted by atomic mass is 17.1. The first-order valence-electron chi connectivity index (χ1n) is 12.8. The third-order valence-corrected chi connectivity index (χ3v) is 7.48. The molecule has 1 fully saturated rings. The highest BCUT2D eigenvalue weighted by molar-refractivity contribution is 5.66. The summed E-state index contributed by atoms with van der Waals surface area (Å²) in [7, 11) is 0. The second kappa shape index (κ2) is 12.1. The molecule has 1 aliphatic carbocycles. The molecule has 1 unspecified atom stereocenters. The van der Waals surface area contributed by atoms with Gasteiger partial charge in [0, 0.05) is 0 Å². The number of rotatable bonds is 10. The third-order valence-electron chi connectivity index (χ3n) is 7.48. The van der Waals surface area contributed by atoms with Crippen molar-refractivity contribution in [2.75, 3.05) is 0 Å². The Bertz CT molecular complexity index is 1020. The van der Waals surface area contributed by atoms with Crippen molar-refractivity contribution in [3.05, 3.63) is 89.5 Å². The molecule has 1 N–H and O–H groups in total. The molecule has 0 aromatic heterocycles. The molecule has 3 heteroatoms. The molecule has 1 atom stereocenters. The van der Waals surface area contributed by atoms with Gasteiger partial charge in [-0.1, -0.05) is 93.3 Å². The van der Waals surface area contributed by atoms with Crippen molar-refractivity contribution in [2.45, 2.75) is 70.3 Å². The van der Waals surface area contributed by atoms with E-state index in [2.05, 4.69) is 55.0 Å². The van der Waals surface area contributed by atoms with Gasteiger partial charge in [0.2, 0.25) is 0 Å². The first kappa shape index (κ1) is 24.4. The molecule has 0 heterocycles. The molecule has 3 nitrogen and oxygen atoms in total. The Balaban J connectivity index is 1.39. The van der Waals surface area contributed by atoms with Gasteiger partial charge in [0.1, 0.15) is 6.10 Å². The highest BCUT2D eigenvalue weighted by Gasteiger charge is 2.23. The fraction of sp³-hybridized carbons (Fsp3) is 0.387. The number of nitrogens with zero attached hydrogens (tertiary/aromatic N) is 1. The van der Waals surface area contributed by atoms with Gasteiger partial charge in [0.15, 0.2) is 0 Å². The molecule has 0 aliphatic heterocycles. The fourth-order valence-electron chi connectivity index (χ4n) is 5.33. The van der Waals surface area contributed by atoms with Gasteiger partial charge in [-0.25, -0.2) is 4.89 Å². The van der Waals surface area contributed by atoms with Gasteiger partial charge in [0.25, 0.3) is 0 Å². The second-order valence-corrected chi connectivity index (χ2v) is 9.69. The maximum atomic E-state index is 9.70. The molecule has 0 spiro atoms. The molecule has 4 rings (SSSR count). The van der Waals surface area contributed by atoms with E-state index in [0.29, 0.717) is 5.92 Å². The van der Waals surface area contributed by atoms with Crippen LogP contribution < -0.4 is 0 Å². The minimum atomic E-state index is -0.496. The SMILES string of the molecule is C=Nc1ccc(-c2ccc(C(OO)c3ccc(C4CCC(CCCCC)CC4)cc3)cc2)cc1. The molecule has 3 aromatic rings. The van der Waals surface area contributed by atoms with Crippen molar-refractivity contribution in [1.82, 2.24) is 0 Å². The maximum absolute atomic E-state index is 9.70. The van der Waals surface area contributed by atoms with Crippen LogP contribution in [0, 0.1) is 5.92 Å². The first-order valence-corrected chi connectivity index (χ1v) is 12.8. The molecule has 1 saturated carbocycles. The van der Waals surface area contributed by atoms with E-state index >= 15 is 0 Å². The van der Waals surface area contributed by atoms with E-state index in [1.165, 1.54) is 56.9 Å². The van der Waals surface area contributed by atoms with Crippen LogP contribution in [0.25, 0.3) is 11.1 Å². The van der Waals surface area contributed by atoms with Gasteiger partial charge in [-0.2, -0.15) is 0 Å². The molecule has 0 bridgehead atoms. The van der Waals surface area contributed by atoms with Crippen LogP contribution in [0.4, 0.5) is 5.69 Å². The summed E-state index contributed by atoms with van der Waals surface area (Å²) in [5, 5.41) is 9.70. The second-order valence-electron chi connectivity index (χ2n) is 9.69. The van der Waals surface area contributed by atoms with Crippen molar-refractivity contribution in [3.63, 3.8) is 0 Å². The van der Waals surface area contributed by atoms with Crippen LogP contribution in [-0.2, 0) is 4.89 Å². The fourth-order valence-corrected chi connectivity index (χ4v) is 5.33. The molecule has 0 saturated heterocycles. The summed E-state index contributed by atoms with van der Waals surface area (Å²) in [6.07, 6.45) is 10.3. The highest BCUT2D eigenvalue weighted by Crippen LogP contribution is 2.38.